The first kappa shape index (κ1) is 14.8. The molecule has 0 amide bonds. The molecule has 0 aliphatic heterocycles. The van der Waals surface area contributed by atoms with Crippen molar-refractivity contribution < 1.29 is 9.47 Å². The smallest absolute Gasteiger partial charge is 0.141 e. The molecule has 0 spiro atoms. The van der Waals surface area contributed by atoms with Gasteiger partial charge in [-0.2, -0.15) is 5.10 Å². The van der Waals surface area contributed by atoms with E-state index in [2.05, 4.69) is 15.3 Å². The molecule has 1 heterocycles. The van der Waals surface area contributed by atoms with Crippen molar-refractivity contribution in [1.29, 1.82) is 0 Å². The van der Waals surface area contributed by atoms with E-state index < -0.39 is 0 Å². The van der Waals surface area contributed by atoms with Crippen LogP contribution >= 0.6 is 0 Å². The highest BCUT2D eigenvalue weighted by Crippen LogP contribution is 2.12. The van der Waals surface area contributed by atoms with Gasteiger partial charge in [0.25, 0.3) is 0 Å². The second-order valence-electron chi connectivity index (χ2n) is 4.67. The Bertz CT molecular complexity index is 725. The number of ether oxygens (including phenoxy) is 2. The van der Waals surface area contributed by atoms with Gasteiger partial charge in [-0.3, -0.25) is 0 Å². The van der Waals surface area contributed by atoms with Crippen molar-refractivity contribution in [3.8, 4) is 11.5 Å². The molecule has 6 nitrogen and oxygen atoms in total. The van der Waals surface area contributed by atoms with Gasteiger partial charge in [-0.25, -0.2) is 4.68 Å². The van der Waals surface area contributed by atoms with Crippen LogP contribution in [0.5, 0.6) is 11.5 Å². The molecular weight excluding hydrogens is 292 g/mol. The predicted molar refractivity (Wildman–Crippen MR) is 86.9 cm³/mol. The Morgan fingerprint density at radius 3 is 2.09 bits per heavy atom. The standard InChI is InChI=1S/C17H16N4O2/c1-2-4-16(5-3-1)22-10-11-23-17-8-6-15(7-9-17)12-20-21-13-18-19-14-21/h1-9,12-14H,10-11H2/b20-12-. The molecule has 23 heavy (non-hydrogen) atoms. The van der Waals surface area contributed by atoms with E-state index >= 15 is 0 Å². The van der Waals surface area contributed by atoms with Crippen LogP contribution in [0.2, 0.25) is 0 Å². The first-order valence-electron chi connectivity index (χ1n) is 7.20. The Hall–Kier alpha value is -3.15. The summed E-state index contributed by atoms with van der Waals surface area (Å²) in [6, 6.07) is 17.3. The average Bonchev–Trinajstić information content (AvgIpc) is 3.12. The zero-order valence-corrected chi connectivity index (χ0v) is 12.4. The lowest BCUT2D eigenvalue weighted by Gasteiger charge is -2.08. The van der Waals surface area contributed by atoms with Gasteiger partial charge >= 0.3 is 0 Å². The largest absolute Gasteiger partial charge is 0.490 e. The molecule has 0 saturated carbocycles. The maximum absolute atomic E-state index is 5.64. The molecular formula is C17H16N4O2. The van der Waals surface area contributed by atoms with Crippen molar-refractivity contribution >= 4 is 6.21 Å². The zero-order valence-electron chi connectivity index (χ0n) is 12.4. The fourth-order valence-corrected chi connectivity index (χ4v) is 1.87. The van der Waals surface area contributed by atoms with Crippen LogP contribution in [0.3, 0.4) is 0 Å². The summed E-state index contributed by atoms with van der Waals surface area (Å²) < 4.78 is 12.7. The van der Waals surface area contributed by atoms with Gasteiger partial charge in [0.15, 0.2) is 0 Å². The van der Waals surface area contributed by atoms with Crippen LogP contribution in [0.25, 0.3) is 0 Å². The van der Waals surface area contributed by atoms with Crippen LogP contribution in [-0.4, -0.2) is 34.3 Å². The van der Waals surface area contributed by atoms with E-state index in [-0.39, 0.29) is 0 Å². The lowest BCUT2D eigenvalue weighted by Crippen LogP contribution is -2.08. The average molecular weight is 308 g/mol. The molecule has 2 aromatic carbocycles. The minimum atomic E-state index is 0.489. The zero-order chi connectivity index (χ0) is 15.7. The summed E-state index contributed by atoms with van der Waals surface area (Å²) in [7, 11) is 0. The quantitative estimate of drug-likeness (QED) is 0.497. The number of rotatable bonds is 7. The summed E-state index contributed by atoms with van der Waals surface area (Å²) in [5.74, 6) is 1.64. The molecule has 0 atom stereocenters. The first-order valence-corrected chi connectivity index (χ1v) is 7.20. The molecule has 1 aromatic heterocycles. The van der Waals surface area contributed by atoms with Crippen molar-refractivity contribution in [3.63, 3.8) is 0 Å². The van der Waals surface area contributed by atoms with Crippen LogP contribution < -0.4 is 9.47 Å². The molecule has 0 aliphatic rings. The second-order valence-corrected chi connectivity index (χ2v) is 4.67. The van der Waals surface area contributed by atoms with Crippen LogP contribution in [0.4, 0.5) is 0 Å². The lowest BCUT2D eigenvalue weighted by molar-refractivity contribution is 0.217. The predicted octanol–water partition coefficient (Wildman–Crippen LogP) is 2.62. The SMILES string of the molecule is C(=N/n1cnnc1)/c1ccc(OCCOc2ccccc2)cc1. The minimum Gasteiger partial charge on any atom is -0.490 e. The summed E-state index contributed by atoms with van der Waals surface area (Å²) in [5.41, 5.74) is 0.964. The van der Waals surface area contributed by atoms with Gasteiger partial charge in [0.05, 0.1) is 6.21 Å². The summed E-state index contributed by atoms with van der Waals surface area (Å²) in [5, 5.41) is 11.5. The number of benzene rings is 2. The summed E-state index contributed by atoms with van der Waals surface area (Å²) in [4.78, 5) is 0. The number of hydrogen-bond donors (Lipinski definition) is 0. The van der Waals surface area contributed by atoms with Gasteiger partial charge in [-0.15, -0.1) is 10.2 Å². The van der Waals surface area contributed by atoms with Gasteiger partial charge < -0.3 is 9.47 Å². The maximum atomic E-state index is 5.64. The van der Waals surface area contributed by atoms with Crippen molar-refractivity contribution in [2.45, 2.75) is 0 Å². The van der Waals surface area contributed by atoms with Gasteiger partial charge in [0, 0.05) is 0 Å². The highest BCUT2D eigenvalue weighted by Gasteiger charge is 1.96. The van der Waals surface area contributed by atoms with Crippen LogP contribution in [-0.2, 0) is 0 Å². The molecule has 3 aromatic rings. The Balaban J connectivity index is 1.44. The molecule has 0 radical (unpaired) electrons. The molecule has 3 rings (SSSR count). The van der Waals surface area contributed by atoms with Gasteiger partial charge in [0.2, 0.25) is 0 Å². The summed E-state index contributed by atoms with van der Waals surface area (Å²) in [6.45, 7) is 0.990. The van der Waals surface area contributed by atoms with E-state index in [4.69, 9.17) is 9.47 Å². The van der Waals surface area contributed by atoms with E-state index in [0.29, 0.717) is 13.2 Å². The van der Waals surface area contributed by atoms with Crippen molar-refractivity contribution in [3.05, 3.63) is 72.8 Å². The van der Waals surface area contributed by atoms with Crippen molar-refractivity contribution in [2.24, 2.45) is 5.10 Å². The van der Waals surface area contributed by atoms with E-state index in [9.17, 15) is 0 Å². The third-order valence-electron chi connectivity index (χ3n) is 2.99. The highest BCUT2D eigenvalue weighted by atomic mass is 16.5. The molecule has 0 aliphatic carbocycles. The fraction of sp³-hybridized carbons (Fsp3) is 0.118. The number of nitrogens with zero attached hydrogens (tertiary/aromatic N) is 4. The molecule has 116 valence electrons. The topological polar surface area (TPSA) is 61.5 Å². The third-order valence-corrected chi connectivity index (χ3v) is 2.99. The summed E-state index contributed by atoms with van der Waals surface area (Å²) in [6.07, 6.45) is 4.78. The van der Waals surface area contributed by atoms with Crippen LogP contribution in [0.15, 0.2) is 72.4 Å². The molecule has 0 N–H and O–H groups in total. The van der Waals surface area contributed by atoms with E-state index in [1.807, 2.05) is 54.6 Å². The van der Waals surface area contributed by atoms with Crippen molar-refractivity contribution in [2.75, 3.05) is 13.2 Å². The first-order chi connectivity index (χ1) is 11.4. The van der Waals surface area contributed by atoms with E-state index in [0.717, 1.165) is 17.1 Å². The number of hydrogen-bond acceptors (Lipinski definition) is 5. The highest BCUT2D eigenvalue weighted by molar-refractivity contribution is 5.79. The molecule has 0 unspecified atom stereocenters. The maximum Gasteiger partial charge on any atom is 0.141 e. The van der Waals surface area contributed by atoms with Crippen LogP contribution in [0, 0.1) is 0 Å². The Morgan fingerprint density at radius 2 is 1.43 bits per heavy atom. The number of aromatic nitrogens is 3. The van der Waals surface area contributed by atoms with E-state index in [1.165, 1.54) is 17.3 Å². The minimum absolute atomic E-state index is 0.489. The Morgan fingerprint density at radius 1 is 0.826 bits per heavy atom. The summed E-state index contributed by atoms with van der Waals surface area (Å²) >= 11 is 0. The molecule has 0 bridgehead atoms. The second kappa shape index (κ2) is 7.74. The van der Waals surface area contributed by atoms with Crippen LogP contribution in [0.1, 0.15) is 5.56 Å². The van der Waals surface area contributed by atoms with Crippen molar-refractivity contribution in [1.82, 2.24) is 14.9 Å². The lowest BCUT2D eigenvalue weighted by atomic mass is 10.2. The Labute approximate surface area is 134 Å². The normalized spacial score (nSPS) is 10.8. The third kappa shape index (κ3) is 4.67. The monoisotopic (exact) mass is 308 g/mol. The molecule has 0 fully saturated rings. The van der Waals surface area contributed by atoms with E-state index in [1.54, 1.807) is 6.21 Å². The fourth-order valence-electron chi connectivity index (χ4n) is 1.87. The number of para-hydroxylation sites is 1. The molecule has 6 heteroatoms. The van der Waals surface area contributed by atoms with Gasteiger partial charge in [0.1, 0.15) is 37.4 Å². The van der Waals surface area contributed by atoms with Gasteiger partial charge in [-0.1, -0.05) is 18.2 Å². The van der Waals surface area contributed by atoms with Gasteiger partial charge in [-0.05, 0) is 42.0 Å². The molecule has 0 saturated heterocycles. The Kier molecular flexibility index (Phi) is 4.97.